The Kier molecular flexibility index (Phi) is 5.42. The topological polar surface area (TPSA) is 93.9 Å². The molecule has 3 rings (SSSR count). The second-order valence-corrected chi connectivity index (χ2v) is 5.83. The van der Waals surface area contributed by atoms with Crippen LogP contribution < -0.4 is 10.6 Å². The van der Waals surface area contributed by atoms with Crippen molar-refractivity contribution < 1.29 is 5.11 Å². The Morgan fingerprint density at radius 1 is 1.12 bits per heavy atom. The van der Waals surface area contributed by atoms with E-state index in [1.54, 1.807) is 36.5 Å². The van der Waals surface area contributed by atoms with Gasteiger partial charge in [0.05, 0.1) is 17.7 Å². The maximum Gasteiger partial charge on any atom is 0.229 e. The Hall–Kier alpha value is -3.43. The molecule has 0 spiro atoms. The summed E-state index contributed by atoms with van der Waals surface area (Å²) in [5.41, 5.74) is 3.33. The largest absolute Gasteiger partial charge is 0.387 e. The first-order valence-corrected chi connectivity index (χ1v) is 8.23. The van der Waals surface area contributed by atoms with Crippen LogP contribution in [0.3, 0.4) is 0 Å². The number of rotatable bonds is 6. The van der Waals surface area contributed by atoms with E-state index >= 15 is 0 Å². The zero-order valence-corrected chi connectivity index (χ0v) is 14.3. The SMILES string of the molecule is Cc1ccccc1C(O)CNc1ccnc(Nc2ccc(C#N)cc2)n1. The highest BCUT2D eigenvalue weighted by Crippen LogP contribution is 2.19. The lowest BCUT2D eigenvalue weighted by atomic mass is 10.0. The number of aryl methyl sites for hydroxylation is 1. The van der Waals surface area contributed by atoms with Gasteiger partial charge in [0, 0.05) is 18.4 Å². The summed E-state index contributed by atoms with van der Waals surface area (Å²) in [5.74, 6) is 1.05. The van der Waals surface area contributed by atoms with E-state index in [-0.39, 0.29) is 0 Å². The molecule has 0 aliphatic heterocycles. The summed E-state index contributed by atoms with van der Waals surface area (Å²) in [7, 11) is 0. The lowest BCUT2D eigenvalue weighted by Gasteiger charge is -2.15. The van der Waals surface area contributed by atoms with Crippen molar-refractivity contribution in [2.75, 3.05) is 17.2 Å². The van der Waals surface area contributed by atoms with Crippen LogP contribution in [0.25, 0.3) is 0 Å². The average Bonchev–Trinajstić information content (AvgIpc) is 2.67. The zero-order valence-electron chi connectivity index (χ0n) is 14.3. The maximum atomic E-state index is 10.4. The van der Waals surface area contributed by atoms with Crippen LogP contribution >= 0.6 is 0 Å². The highest BCUT2D eigenvalue weighted by atomic mass is 16.3. The summed E-state index contributed by atoms with van der Waals surface area (Å²) < 4.78 is 0. The van der Waals surface area contributed by atoms with Crippen molar-refractivity contribution in [1.82, 2.24) is 9.97 Å². The molecule has 0 bridgehead atoms. The minimum atomic E-state index is -0.624. The summed E-state index contributed by atoms with van der Waals surface area (Å²) in [6, 6.07) is 18.6. The van der Waals surface area contributed by atoms with Gasteiger partial charge in [-0.2, -0.15) is 10.2 Å². The smallest absolute Gasteiger partial charge is 0.229 e. The van der Waals surface area contributed by atoms with E-state index in [1.165, 1.54) is 0 Å². The van der Waals surface area contributed by atoms with E-state index in [0.29, 0.717) is 23.9 Å². The van der Waals surface area contributed by atoms with Gasteiger partial charge in [0.25, 0.3) is 0 Å². The highest BCUT2D eigenvalue weighted by molar-refractivity contribution is 5.56. The molecule has 0 saturated heterocycles. The molecule has 1 atom stereocenters. The molecule has 0 aliphatic carbocycles. The van der Waals surface area contributed by atoms with E-state index < -0.39 is 6.10 Å². The van der Waals surface area contributed by atoms with Gasteiger partial charge in [0.1, 0.15) is 5.82 Å². The lowest BCUT2D eigenvalue weighted by molar-refractivity contribution is 0.191. The highest BCUT2D eigenvalue weighted by Gasteiger charge is 2.10. The first-order valence-electron chi connectivity index (χ1n) is 8.23. The molecule has 130 valence electrons. The van der Waals surface area contributed by atoms with Gasteiger partial charge in [0.15, 0.2) is 0 Å². The minimum Gasteiger partial charge on any atom is -0.387 e. The molecule has 0 saturated carbocycles. The average molecular weight is 345 g/mol. The van der Waals surface area contributed by atoms with Crippen LogP contribution in [0.1, 0.15) is 22.8 Å². The number of nitrogens with one attached hydrogen (secondary N) is 2. The molecule has 6 nitrogen and oxygen atoms in total. The standard InChI is InChI=1S/C20H19N5O/c1-14-4-2-3-5-17(14)18(26)13-23-19-10-11-22-20(25-19)24-16-8-6-15(12-21)7-9-16/h2-11,18,26H,13H2,1H3,(H2,22,23,24,25). The van der Waals surface area contributed by atoms with Crippen molar-refractivity contribution in [3.8, 4) is 6.07 Å². The van der Waals surface area contributed by atoms with Gasteiger partial charge in [-0.15, -0.1) is 0 Å². The van der Waals surface area contributed by atoms with Gasteiger partial charge < -0.3 is 15.7 Å². The van der Waals surface area contributed by atoms with Crippen LogP contribution in [0, 0.1) is 18.3 Å². The van der Waals surface area contributed by atoms with E-state index in [2.05, 4.69) is 26.7 Å². The Balaban J connectivity index is 1.63. The van der Waals surface area contributed by atoms with E-state index in [9.17, 15) is 5.11 Å². The van der Waals surface area contributed by atoms with Gasteiger partial charge in [-0.25, -0.2) is 4.98 Å². The van der Waals surface area contributed by atoms with Crippen molar-refractivity contribution in [2.24, 2.45) is 0 Å². The number of nitriles is 1. The number of nitrogens with zero attached hydrogens (tertiary/aromatic N) is 3. The molecule has 2 aromatic carbocycles. The normalized spacial score (nSPS) is 11.4. The summed E-state index contributed by atoms with van der Waals surface area (Å²) in [5, 5.41) is 25.4. The number of aliphatic hydroxyl groups excluding tert-OH is 1. The maximum absolute atomic E-state index is 10.4. The monoisotopic (exact) mass is 345 g/mol. The number of hydrogen-bond donors (Lipinski definition) is 3. The van der Waals surface area contributed by atoms with E-state index in [4.69, 9.17) is 5.26 Å². The Bertz CT molecular complexity index is 918. The predicted octanol–water partition coefficient (Wildman–Crippen LogP) is 3.55. The van der Waals surface area contributed by atoms with Crippen molar-refractivity contribution >= 4 is 17.5 Å². The minimum absolute atomic E-state index is 0.345. The third kappa shape index (κ3) is 4.35. The summed E-state index contributed by atoms with van der Waals surface area (Å²) in [6.45, 7) is 2.32. The second-order valence-electron chi connectivity index (χ2n) is 5.83. The van der Waals surface area contributed by atoms with Gasteiger partial charge >= 0.3 is 0 Å². The van der Waals surface area contributed by atoms with Crippen LogP contribution in [0.5, 0.6) is 0 Å². The first kappa shape index (κ1) is 17.4. The zero-order chi connectivity index (χ0) is 18.4. The van der Waals surface area contributed by atoms with Crippen molar-refractivity contribution in [3.05, 3.63) is 77.5 Å². The molecule has 0 amide bonds. The Labute approximate surface area is 152 Å². The summed E-state index contributed by atoms with van der Waals surface area (Å²) >= 11 is 0. The number of aromatic nitrogens is 2. The van der Waals surface area contributed by atoms with Gasteiger partial charge in [-0.3, -0.25) is 0 Å². The molecular weight excluding hydrogens is 326 g/mol. The van der Waals surface area contributed by atoms with E-state index in [0.717, 1.165) is 16.8 Å². The van der Waals surface area contributed by atoms with Crippen LogP contribution in [0.15, 0.2) is 60.8 Å². The lowest BCUT2D eigenvalue weighted by Crippen LogP contribution is -2.14. The molecular formula is C20H19N5O. The van der Waals surface area contributed by atoms with Gasteiger partial charge in [-0.05, 0) is 48.4 Å². The van der Waals surface area contributed by atoms with Crippen LogP contribution in [0.4, 0.5) is 17.5 Å². The molecule has 3 aromatic rings. The van der Waals surface area contributed by atoms with Gasteiger partial charge in [0.2, 0.25) is 5.95 Å². The third-order valence-electron chi connectivity index (χ3n) is 3.95. The summed E-state index contributed by atoms with van der Waals surface area (Å²) in [6.07, 6.45) is 1.02. The van der Waals surface area contributed by atoms with Crippen molar-refractivity contribution in [2.45, 2.75) is 13.0 Å². The van der Waals surface area contributed by atoms with Crippen LogP contribution in [-0.2, 0) is 0 Å². The molecule has 6 heteroatoms. The molecule has 1 unspecified atom stereocenters. The third-order valence-corrected chi connectivity index (χ3v) is 3.95. The number of benzene rings is 2. The Morgan fingerprint density at radius 2 is 1.88 bits per heavy atom. The number of hydrogen-bond acceptors (Lipinski definition) is 6. The molecule has 26 heavy (non-hydrogen) atoms. The molecule has 0 radical (unpaired) electrons. The number of anilines is 3. The number of aliphatic hydroxyl groups is 1. The van der Waals surface area contributed by atoms with E-state index in [1.807, 2.05) is 31.2 Å². The molecule has 1 heterocycles. The van der Waals surface area contributed by atoms with Gasteiger partial charge in [-0.1, -0.05) is 24.3 Å². The first-order chi connectivity index (χ1) is 12.7. The molecule has 3 N–H and O–H groups in total. The fourth-order valence-electron chi connectivity index (χ4n) is 2.55. The fourth-order valence-corrected chi connectivity index (χ4v) is 2.55. The molecule has 0 aliphatic rings. The molecule has 1 aromatic heterocycles. The van der Waals surface area contributed by atoms with Crippen LogP contribution in [-0.4, -0.2) is 21.6 Å². The Morgan fingerprint density at radius 3 is 2.62 bits per heavy atom. The predicted molar refractivity (Wildman–Crippen MR) is 101 cm³/mol. The van der Waals surface area contributed by atoms with Crippen molar-refractivity contribution in [1.29, 1.82) is 5.26 Å². The fraction of sp³-hybridized carbons (Fsp3) is 0.150. The molecule has 0 fully saturated rings. The quantitative estimate of drug-likeness (QED) is 0.632. The second kappa shape index (κ2) is 8.10. The summed E-state index contributed by atoms with van der Waals surface area (Å²) in [4.78, 5) is 8.58. The van der Waals surface area contributed by atoms with Crippen molar-refractivity contribution in [3.63, 3.8) is 0 Å². The van der Waals surface area contributed by atoms with Crippen LogP contribution in [0.2, 0.25) is 0 Å².